The maximum absolute atomic E-state index is 12.9. The van der Waals surface area contributed by atoms with E-state index in [0.717, 1.165) is 16.9 Å². The number of rotatable bonds is 6. The van der Waals surface area contributed by atoms with Crippen LogP contribution in [0.3, 0.4) is 0 Å². The fourth-order valence-corrected chi connectivity index (χ4v) is 3.50. The number of nitrogens with zero attached hydrogens (tertiary/aromatic N) is 2. The molecular weight excluding hydrogens is 350 g/mol. The van der Waals surface area contributed by atoms with Crippen LogP contribution in [0.15, 0.2) is 40.8 Å². The maximum atomic E-state index is 12.9. The summed E-state index contributed by atoms with van der Waals surface area (Å²) in [5.74, 6) is 0.920. The van der Waals surface area contributed by atoms with E-state index in [1.165, 1.54) is 22.2 Å². The predicted octanol–water partition coefficient (Wildman–Crippen LogP) is 2.91. The van der Waals surface area contributed by atoms with Crippen LogP contribution < -0.4 is 15.6 Å². The molecule has 7 heteroatoms. The first kappa shape index (κ1) is 18.1. The Hall–Kier alpha value is -2.67. The van der Waals surface area contributed by atoms with Crippen molar-refractivity contribution in [2.45, 2.75) is 20.4 Å². The smallest absolute Gasteiger partial charge is 0.263 e. The van der Waals surface area contributed by atoms with Crippen molar-refractivity contribution in [3.8, 4) is 16.9 Å². The van der Waals surface area contributed by atoms with Gasteiger partial charge in [0.1, 0.15) is 17.1 Å². The van der Waals surface area contributed by atoms with E-state index in [1.807, 2.05) is 43.5 Å². The summed E-state index contributed by atoms with van der Waals surface area (Å²) >= 11 is 1.42. The zero-order chi connectivity index (χ0) is 18.7. The van der Waals surface area contributed by atoms with Gasteiger partial charge in [0.25, 0.3) is 5.56 Å². The van der Waals surface area contributed by atoms with Crippen LogP contribution in [-0.2, 0) is 11.3 Å². The average molecular weight is 371 g/mol. The third-order valence-corrected chi connectivity index (χ3v) is 4.87. The number of fused-ring (bicyclic) bond motifs is 1. The number of carbonyl (C=O) groups excluding carboxylic acids is 1. The molecule has 1 amide bonds. The summed E-state index contributed by atoms with van der Waals surface area (Å²) in [5.41, 5.74) is 1.53. The molecular formula is C19H21N3O3S. The number of thiophene rings is 1. The van der Waals surface area contributed by atoms with Crippen LogP contribution in [-0.4, -0.2) is 29.1 Å². The molecule has 1 N–H and O–H groups in total. The van der Waals surface area contributed by atoms with Crippen molar-refractivity contribution in [1.29, 1.82) is 0 Å². The number of nitrogens with one attached hydrogen (secondary N) is 1. The Morgan fingerprint density at radius 1 is 1.31 bits per heavy atom. The van der Waals surface area contributed by atoms with E-state index in [1.54, 1.807) is 7.11 Å². The highest BCUT2D eigenvalue weighted by Gasteiger charge is 2.15. The first-order valence-electron chi connectivity index (χ1n) is 8.37. The molecule has 2 aromatic heterocycles. The highest BCUT2D eigenvalue weighted by atomic mass is 32.1. The second-order valence-corrected chi connectivity index (χ2v) is 7.29. The molecule has 6 nitrogen and oxygen atoms in total. The van der Waals surface area contributed by atoms with Crippen LogP contribution in [0.4, 0.5) is 0 Å². The van der Waals surface area contributed by atoms with Gasteiger partial charge in [-0.3, -0.25) is 14.2 Å². The summed E-state index contributed by atoms with van der Waals surface area (Å²) in [6, 6.07) is 7.53. The van der Waals surface area contributed by atoms with Gasteiger partial charge in [-0.15, -0.1) is 11.3 Å². The van der Waals surface area contributed by atoms with Gasteiger partial charge in [0.2, 0.25) is 5.91 Å². The van der Waals surface area contributed by atoms with E-state index in [4.69, 9.17) is 4.74 Å². The number of ether oxygens (including phenoxy) is 1. The Morgan fingerprint density at radius 3 is 2.69 bits per heavy atom. The molecule has 0 fully saturated rings. The molecule has 1 aromatic carbocycles. The van der Waals surface area contributed by atoms with Crippen LogP contribution in [0.25, 0.3) is 21.3 Å². The quantitative estimate of drug-likeness (QED) is 0.723. The maximum Gasteiger partial charge on any atom is 0.263 e. The lowest BCUT2D eigenvalue weighted by atomic mass is 10.1. The second kappa shape index (κ2) is 7.70. The molecule has 3 rings (SSSR count). The molecule has 0 atom stereocenters. The normalized spacial score (nSPS) is 11.1. The van der Waals surface area contributed by atoms with Crippen LogP contribution in [0.2, 0.25) is 0 Å². The van der Waals surface area contributed by atoms with Crippen molar-refractivity contribution in [3.63, 3.8) is 0 Å². The molecule has 0 unspecified atom stereocenters. The largest absolute Gasteiger partial charge is 0.497 e. The number of aromatic nitrogens is 2. The van der Waals surface area contributed by atoms with Crippen LogP contribution >= 0.6 is 11.3 Å². The minimum atomic E-state index is -0.207. The number of methoxy groups -OCH3 is 1. The van der Waals surface area contributed by atoms with Crippen LogP contribution in [0.1, 0.15) is 13.8 Å². The van der Waals surface area contributed by atoms with E-state index >= 15 is 0 Å². The summed E-state index contributed by atoms with van der Waals surface area (Å²) in [7, 11) is 1.61. The third-order valence-electron chi connectivity index (χ3n) is 3.98. The number of hydrogen-bond acceptors (Lipinski definition) is 5. The first-order chi connectivity index (χ1) is 12.5. The highest BCUT2D eigenvalue weighted by molar-refractivity contribution is 7.17. The number of benzene rings is 1. The monoisotopic (exact) mass is 371 g/mol. The predicted molar refractivity (Wildman–Crippen MR) is 104 cm³/mol. The molecule has 0 saturated carbocycles. The van der Waals surface area contributed by atoms with Crippen molar-refractivity contribution in [1.82, 2.24) is 14.9 Å². The summed E-state index contributed by atoms with van der Waals surface area (Å²) in [5, 5.41) is 5.28. The number of amides is 1. The summed E-state index contributed by atoms with van der Waals surface area (Å²) in [4.78, 5) is 30.0. The van der Waals surface area contributed by atoms with E-state index in [9.17, 15) is 9.59 Å². The fraction of sp³-hybridized carbons (Fsp3) is 0.316. The molecule has 2 heterocycles. The standard InChI is InChI=1S/C19H21N3O3S/c1-12(2)8-20-16(23)9-22-11-21-18-17(19(22)24)15(10-26-18)13-4-6-14(25-3)7-5-13/h4-7,10-12H,8-9H2,1-3H3,(H,20,23). The summed E-state index contributed by atoms with van der Waals surface area (Å²) < 4.78 is 6.54. The molecule has 0 bridgehead atoms. The SMILES string of the molecule is COc1ccc(-c2csc3ncn(CC(=O)NCC(C)C)c(=O)c23)cc1. The molecule has 0 spiro atoms. The Balaban J connectivity index is 1.95. The topological polar surface area (TPSA) is 73.2 Å². The Morgan fingerprint density at radius 2 is 2.04 bits per heavy atom. The molecule has 26 heavy (non-hydrogen) atoms. The van der Waals surface area contributed by atoms with Gasteiger partial charge < -0.3 is 10.1 Å². The third kappa shape index (κ3) is 3.77. The molecule has 0 aliphatic heterocycles. The van der Waals surface area contributed by atoms with Crippen molar-refractivity contribution in [2.24, 2.45) is 5.92 Å². The number of carbonyl (C=O) groups is 1. The van der Waals surface area contributed by atoms with Gasteiger partial charge in [0, 0.05) is 17.5 Å². The van der Waals surface area contributed by atoms with E-state index < -0.39 is 0 Å². The zero-order valence-electron chi connectivity index (χ0n) is 15.0. The Kier molecular flexibility index (Phi) is 5.37. The Labute approximate surface area is 155 Å². The van der Waals surface area contributed by atoms with Crippen LogP contribution in [0.5, 0.6) is 5.75 Å². The van der Waals surface area contributed by atoms with Gasteiger partial charge in [-0.1, -0.05) is 26.0 Å². The van der Waals surface area contributed by atoms with Gasteiger partial charge in [-0.25, -0.2) is 4.98 Å². The molecule has 0 aliphatic rings. The first-order valence-corrected chi connectivity index (χ1v) is 9.25. The average Bonchev–Trinajstić information content (AvgIpc) is 3.07. The van der Waals surface area contributed by atoms with Crippen molar-refractivity contribution in [3.05, 3.63) is 46.3 Å². The van der Waals surface area contributed by atoms with Crippen molar-refractivity contribution >= 4 is 27.5 Å². The van der Waals surface area contributed by atoms with Gasteiger partial charge in [0.05, 0.1) is 18.8 Å². The fourth-order valence-electron chi connectivity index (χ4n) is 2.59. The molecule has 3 aromatic rings. The van der Waals surface area contributed by atoms with Gasteiger partial charge in [-0.05, 0) is 23.6 Å². The lowest BCUT2D eigenvalue weighted by molar-refractivity contribution is -0.121. The molecule has 136 valence electrons. The summed E-state index contributed by atoms with van der Waals surface area (Å²) in [6.07, 6.45) is 1.44. The lowest BCUT2D eigenvalue weighted by Crippen LogP contribution is -2.34. The molecule has 0 aliphatic carbocycles. The molecule has 0 radical (unpaired) electrons. The molecule has 0 saturated heterocycles. The minimum absolute atomic E-state index is 0.0353. The van der Waals surface area contributed by atoms with Crippen molar-refractivity contribution in [2.75, 3.05) is 13.7 Å². The van der Waals surface area contributed by atoms with Crippen LogP contribution in [0, 0.1) is 5.92 Å². The number of hydrogen-bond donors (Lipinski definition) is 1. The Bertz CT molecular complexity index is 974. The zero-order valence-corrected chi connectivity index (χ0v) is 15.8. The summed E-state index contributed by atoms with van der Waals surface area (Å²) in [6.45, 7) is 4.59. The van der Waals surface area contributed by atoms with Crippen molar-refractivity contribution < 1.29 is 9.53 Å². The highest BCUT2D eigenvalue weighted by Crippen LogP contribution is 2.31. The minimum Gasteiger partial charge on any atom is -0.497 e. The second-order valence-electron chi connectivity index (χ2n) is 6.43. The van der Waals surface area contributed by atoms with E-state index in [-0.39, 0.29) is 18.0 Å². The van der Waals surface area contributed by atoms with E-state index in [2.05, 4.69) is 10.3 Å². The lowest BCUT2D eigenvalue weighted by Gasteiger charge is -2.09. The van der Waals surface area contributed by atoms with E-state index in [0.29, 0.717) is 22.7 Å². The van der Waals surface area contributed by atoms with Gasteiger partial charge in [-0.2, -0.15) is 0 Å². The van der Waals surface area contributed by atoms with Gasteiger partial charge in [0.15, 0.2) is 0 Å². The van der Waals surface area contributed by atoms with Gasteiger partial charge >= 0.3 is 0 Å².